The fourth-order valence-corrected chi connectivity index (χ4v) is 4.46. The summed E-state index contributed by atoms with van der Waals surface area (Å²) in [6, 6.07) is 11.3. The minimum absolute atomic E-state index is 0.324. The SMILES string of the molecule is O=C(C1CC1)N(CC1CCOC1)C1CCCC(c2ccccc2)C1. The van der Waals surface area contributed by atoms with Crippen molar-refractivity contribution in [2.45, 2.75) is 56.9 Å². The summed E-state index contributed by atoms with van der Waals surface area (Å²) in [7, 11) is 0. The Hall–Kier alpha value is -1.35. The molecule has 0 spiro atoms. The maximum absolute atomic E-state index is 12.9. The first-order chi connectivity index (χ1) is 11.8. The molecule has 1 heterocycles. The molecule has 1 aromatic rings. The van der Waals surface area contributed by atoms with Crippen molar-refractivity contribution < 1.29 is 9.53 Å². The fraction of sp³-hybridized carbons (Fsp3) is 0.667. The van der Waals surface area contributed by atoms with E-state index in [1.165, 1.54) is 24.8 Å². The van der Waals surface area contributed by atoms with Crippen LogP contribution in [0.25, 0.3) is 0 Å². The number of rotatable bonds is 5. The Kier molecular flexibility index (Phi) is 4.88. The molecule has 0 N–H and O–H groups in total. The monoisotopic (exact) mass is 327 g/mol. The quantitative estimate of drug-likeness (QED) is 0.818. The molecular formula is C21H29NO2. The third-order valence-electron chi connectivity index (χ3n) is 6.05. The summed E-state index contributed by atoms with van der Waals surface area (Å²) in [6.07, 6.45) is 8.13. The second-order valence-corrected chi connectivity index (χ2v) is 7.92. The molecule has 2 saturated carbocycles. The molecule has 1 amide bonds. The maximum Gasteiger partial charge on any atom is 0.225 e. The van der Waals surface area contributed by atoms with Crippen molar-refractivity contribution in [3.8, 4) is 0 Å². The second kappa shape index (κ2) is 7.26. The summed E-state index contributed by atoms with van der Waals surface area (Å²) in [6.45, 7) is 2.62. The minimum atomic E-state index is 0.324. The van der Waals surface area contributed by atoms with Crippen LogP contribution >= 0.6 is 0 Å². The first-order valence-corrected chi connectivity index (χ1v) is 9.74. The van der Waals surface area contributed by atoms with E-state index in [2.05, 4.69) is 35.2 Å². The molecule has 2 aliphatic carbocycles. The van der Waals surface area contributed by atoms with Crippen LogP contribution in [0.4, 0.5) is 0 Å². The van der Waals surface area contributed by atoms with Crippen LogP contribution in [0.3, 0.4) is 0 Å². The van der Waals surface area contributed by atoms with Crippen molar-refractivity contribution in [3.63, 3.8) is 0 Å². The lowest BCUT2D eigenvalue weighted by atomic mass is 9.80. The predicted octanol–water partition coefficient (Wildman–Crippen LogP) is 3.99. The van der Waals surface area contributed by atoms with Crippen molar-refractivity contribution in [3.05, 3.63) is 35.9 Å². The highest BCUT2D eigenvalue weighted by molar-refractivity contribution is 5.81. The van der Waals surface area contributed by atoms with Crippen LogP contribution in [0.5, 0.6) is 0 Å². The smallest absolute Gasteiger partial charge is 0.225 e. The fourth-order valence-electron chi connectivity index (χ4n) is 4.46. The van der Waals surface area contributed by atoms with E-state index in [0.717, 1.165) is 45.4 Å². The summed E-state index contributed by atoms with van der Waals surface area (Å²) >= 11 is 0. The van der Waals surface area contributed by atoms with Gasteiger partial charge in [0, 0.05) is 31.0 Å². The van der Waals surface area contributed by atoms with Gasteiger partial charge in [0.15, 0.2) is 0 Å². The summed E-state index contributed by atoms with van der Waals surface area (Å²) in [5, 5.41) is 0. The molecule has 24 heavy (non-hydrogen) atoms. The van der Waals surface area contributed by atoms with E-state index < -0.39 is 0 Å². The molecule has 1 aromatic carbocycles. The number of nitrogens with zero attached hydrogens (tertiary/aromatic N) is 1. The highest BCUT2D eigenvalue weighted by Gasteiger charge is 2.39. The normalized spacial score (nSPS) is 30.2. The molecule has 3 unspecified atom stereocenters. The summed E-state index contributed by atoms with van der Waals surface area (Å²) < 4.78 is 5.55. The highest BCUT2D eigenvalue weighted by atomic mass is 16.5. The molecule has 3 aliphatic rings. The van der Waals surface area contributed by atoms with Crippen LogP contribution in [0, 0.1) is 11.8 Å². The molecule has 3 fully saturated rings. The van der Waals surface area contributed by atoms with Crippen molar-refractivity contribution in [2.24, 2.45) is 11.8 Å². The first-order valence-electron chi connectivity index (χ1n) is 9.74. The van der Waals surface area contributed by atoms with Gasteiger partial charge < -0.3 is 9.64 Å². The van der Waals surface area contributed by atoms with Gasteiger partial charge in [0.25, 0.3) is 0 Å². The number of amides is 1. The van der Waals surface area contributed by atoms with Crippen LogP contribution in [0.15, 0.2) is 30.3 Å². The molecule has 3 heteroatoms. The lowest BCUT2D eigenvalue weighted by molar-refractivity contribution is -0.136. The van der Waals surface area contributed by atoms with Crippen molar-refractivity contribution in [1.82, 2.24) is 4.90 Å². The topological polar surface area (TPSA) is 29.5 Å². The molecule has 1 aliphatic heterocycles. The third-order valence-corrected chi connectivity index (χ3v) is 6.05. The van der Waals surface area contributed by atoms with Gasteiger partial charge in [0.05, 0.1) is 6.61 Å². The first kappa shape index (κ1) is 16.1. The number of hydrogen-bond donors (Lipinski definition) is 0. The molecule has 1 saturated heterocycles. The highest BCUT2D eigenvalue weighted by Crippen LogP contribution is 2.38. The van der Waals surface area contributed by atoms with E-state index >= 15 is 0 Å². The van der Waals surface area contributed by atoms with Crippen LogP contribution in [-0.4, -0.2) is 36.6 Å². The second-order valence-electron chi connectivity index (χ2n) is 7.92. The summed E-state index contributed by atoms with van der Waals surface area (Å²) in [4.78, 5) is 15.2. The Balaban J connectivity index is 1.47. The molecule has 3 atom stereocenters. The Labute approximate surface area is 145 Å². The van der Waals surface area contributed by atoms with E-state index in [4.69, 9.17) is 4.74 Å². The van der Waals surface area contributed by atoms with Gasteiger partial charge in [-0.3, -0.25) is 4.79 Å². The average Bonchev–Trinajstić information content (AvgIpc) is 3.37. The summed E-state index contributed by atoms with van der Waals surface area (Å²) in [5.74, 6) is 1.91. The Bertz CT molecular complexity index is 548. The lowest BCUT2D eigenvalue weighted by Crippen LogP contribution is -2.46. The average molecular weight is 327 g/mol. The zero-order valence-corrected chi connectivity index (χ0v) is 14.5. The standard InChI is InChI=1S/C21H29NO2/c23-21(18-9-10-18)22(14-16-11-12-24-15-16)20-8-4-7-19(13-20)17-5-2-1-3-6-17/h1-3,5-6,16,18-20H,4,7-15H2. The van der Waals surface area contributed by atoms with E-state index in [-0.39, 0.29) is 0 Å². The molecule has 0 bridgehead atoms. The van der Waals surface area contributed by atoms with Crippen LogP contribution in [-0.2, 0) is 9.53 Å². The van der Waals surface area contributed by atoms with E-state index in [1.54, 1.807) is 0 Å². The van der Waals surface area contributed by atoms with Gasteiger partial charge in [-0.05, 0) is 50.0 Å². The zero-order chi connectivity index (χ0) is 16.4. The molecular weight excluding hydrogens is 298 g/mol. The van der Waals surface area contributed by atoms with Crippen LogP contribution in [0.1, 0.15) is 56.4 Å². The van der Waals surface area contributed by atoms with Gasteiger partial charge in [-0.1, -0.05) is 36.8 Å². The minimum Gasteiger partial charge on any atom is -0.381 e. The van der Waals surface area contributed by atoms with Gasteiger partial charge in [-0.25, -0.2) is 0 Å². The van der Waals surface area contributed by atoms with Gasteiger partial charge in [0.1, 0.15) is 0 Å². The number of carbonyl (C=O) groups is 1. The van der Waals surface area contributed by atoms with Crippen molar-refractivity contribution in [1.29, 1.82) is 0 Å². The van der Waals surface area contributed by atoms with Crippen molar-refractivity contribution in [2.75, 3.05) is 19.8 Å². The molecule has 130 valence electrons. The molecule has 3 nitrogen and oxygen atoms in total. The number of ether oxygens (including phenoxy) is 1. The third kappa shape index (κ3) is 3.66. The Morgan fingerprint density at radius 3 is 2.62 bits per heavy atom. The van der Waals surface area contributed by atoms with Crippen molar-refractivity contribution >= 4 is 5.91 Å². The maximum atomic E-state index is 12.9. The van der Waals surface area contributed by atoms with E-state index in [0.29, 0.717) is 29.7 Å². The van der Waals surface area contributed by atoms with Gasteiger partial charge >= 0.3 is 0 Å². The predicted molar refractivity (Wildman–Crippen MR) is 94.8 cm³/mol. The van der Waals surface area contributed by atoms with Gasteiger partial charge in [-0.15, -0.1) is 0 Å². The van der Waals surface area contributed by atoms with Gasteiger partial charge in [0.2, 0.25) is 5.91 Å². The van der Waals surface area contributed by atoms with Crippen LogP contribution in [0.2, 0.25) is 0 Å². The van der Waals surface area contributed by atoms with E-state index in [9.17, 15) is 4.79 Å². The molecule has 0 radical (unpaired) electrons. The summed E-state index contributed by atoms with van der Waals surface area (Å²) in [5.41, 5.74) is 1.45. The van der Waals surface area contributed by atoms with E-state index in [1.807, 2.05) is 0 Å². The molecule has 4 rings (SSSR count). The zero-order valence-electron chi connectivity index (χ0n) is 14.5. The van der Waals surface area contributed by atoms with Crippen LogP contribution < -0.4 is 0 Å². The number of carbonyl (C=O) groups excluding carboxylic acids is 1. The molecule has 0 aromatic heterocycles. The van der Waals surface area contributed by atoms with Gasteiger partial charge in [-0.2, -0.15) is 0 Å². The largest absolute Gasteiger partial charge is 0.381 e. The number of hydrogen-bond acceptors (Lipinski definition) is 2. The Morgan fingerprint density at radius 1 is 1.08 bits per heavy atom. The lowest BCUT2D eigenvalue weighted by Gasteiger charge is -2.39. The Morgan fingerprint density at radius 2 is 1.92 bits per heavy atom. The number of benzene rings is 1.